The number of piperidine rings is 1. The zero-order valence-electron chi connectivity index (χ0n) is 17.0. The number of benzene rings is 1. The summed E-state index contributed by atoms with van der Waals surface area (Å²) in [4.78, 5) is 7.67. The van der Waals surface area contributed by atoms with Gasteiger partial charge in [-0.2, -0.15) is 0 Å². The molecule has 0 radical (unpaired) electrons. The quantitative estimate of drug-likeness (QED) is 0.831. The van der Waals surface area contributed by atoms with Crippen LogP contribution < -0.4 is 0 Å². The Hall–Kier alpha value is -1.66. The van der Waals surface area contributed by atoms with Gasteiger partial charge in [-0.15, -0.1) is 0 Å². The zero-order chi connectivity index (χ0) is 19.3. The van der Waals surface area contributed by atoms with E-state index in [2.05, 4.69) is 46.0 Å². The first-order valence-corrected chi connectivity index (χ1v) is 10.6. The molecule has 5 nitrogen and oxygen atoms in total. The molecule has 2 saturated heterocycles. The van der Waals surface area contributed by atoms with Crippen molar-refractivity contribution in [2.45, 2.75) is 37.9 Å². The molecule has 28 heavy (non-hydrogen) atoms. The molecule has 0 unspecified atom stereocenters. The van der Waals surface area contributed by atoms with Crippen LogP contribution in [0.2, 0.25) is 0 Å². The zero-order valence-corrected chi connectivity index (χ0v) is 17.0. The molecule has 1 aromatic heterocycles. The lowest BCUT2D eigenvalue weighted by molar-refractivity contribution is 0.00600. The third kappa shape index (κ3) is 4.66. The number of hydrogen-bond acceptors (Lipinski definition) is 5. The molecule has 0 bridgehead atoms. The Balaban J connectivity index is 1.36. The van der Waals surface area contributed by atoms with E-state index in [1.54, 1.807) is 6.26 Å². The van der Waals surface area contributed by atoms with Gasteiger partial charge in [0, 0.05) is 50.4 Å². The van der Waals surface area contributed by atoms with Crippen molar-refractivity contribution in [1.29, 1.82) is 0 Å². The SMILES string of the molecule is CN1CCC(N2CCN(Cc3ccc(-c4ccco4)cc3)C[C@H]2CCO)CC1. The van der Waals surface area contributed by atoms with Crippen molar-refractivity contribution >= 4 is 0 Å². The molecule has 0 saturated carbocycles. The van der Waals surface area contributed by atoms with E-state index in [-0.39, 0.29) is 6.61 Å². The van der Waals surface area contributed by atoms with Crippen molar-refractivity contribution < 1.29 is 9.52 Å². The standard InChI is InChI=1S/C23H33N3O2/c1-24-11-8-21(9-12-24)26-14-13-25(18-22(26)10-15-27)17-19-4-6-20(7-5-19)23-3-2-16-28-23/h2-7,16,21-22,27H,8-15,17-18H2,1H3/t22-/m1/s1. The minimum Gasteiger partial charge on any atom is -0.464 e. The van der Waals surface area contributed by atoms with E-state index in [0.717, 1.165) is 43.9 Å². The molecule has 152 valence electrons. The molecule has 1 aromatic carbocycles. The molecule has 1 N–H and O–H groups in total. The highest BCUT2D eigenvalue weighted by molar-refractivity contribution is 5.57. The van der Waals surface area contributed by atoms with Crippen molar-refractivity contribution in [2.75, 3.05) is 46.4 Å². The van der Waals surface area contributed by atoms with Crippen LogP contribution in [0.25, 0.3) is 11.3 Å². The van der Waals surface area contributed by atoms with Crippen LogP contribution in [-0.4, -0.2) is 78.3 Å². The maximum Gasteiger partial charge on any atom is 0.133 e. The molecular formula is C23H33N3O2. The minimum atomic E-state index is 0.277. The van der Waals surface area contributed by atoms with Crippen LogP contribution in [0.15, 0.2) is 47.1 Å². The van der Waals surface area contributed by atoms with Gasteiger partial charge >= 0.3 is 0 Å². The number of furan rings is 1. The summed E-state index contributed by atoms with van der Waals surface area (Å²) in [5.74, 6) is 0.918. The van der Waals surface area contributed by atoms with Gasteiger partial charge in [0.05, 0.1) is 6.26 Å². The molecule has 2 fully saturated rings. The first-order valence-electron chi connectivity index (χ1n) is 10.6. The van der Waals surface area contributed by atoms with Gasteiger partial charge in [0.15, 0.2) is 0 Å². The molecule has 0 spiro atoms. The Morgan fingerprint density at radius 3 is 2.50 bits per heavy atom. The lowest BCUT2D eigenvalue weighted by Gasteiger charge is -2.47. The second kappa shape index (κ2) is 9.23. The van der Waals surface area contributed by atoms with Gasteiger partial charge in [-0.3, -0.25) is 9.80 Å². The molecule has 5 heteroatoms. The van der Waals surface area contributed by atoms with Gasteiger partial charge < -0.3 is 14.4 Å². The molecule has 2 aromatic rings. The third-order valence-electron chi connectivity index (χ3n) is 6.40. The van der Waals surface area contributed by atoms with Crippen molar-refractivity contribution in [2.24, 2.45) is 0 Å². The summed E-state index contributed by atoms with van der Waals surface area (Å²) in [5, 5.41) is 9.61. The second-order valence-electron chi connectivity index (χ2n) is 8.35. The average Bonchev–Trinajstić information content (AvgIpc) is 3.25. The minimum absolute atomic E-state index is 0.277. The Labute approximate surface area is 168 Å². The van der Waals surface area contributed by atoms with Gasteiger partial charge in [0.1, 0.15) is 5.76 Å². The topological polar surface area (TPSA) is 43.1 Å². The van der Waals surface area contributed by atoms with Crippen LogP contribution in [0, 0.1) is 0 Å². The monoisotopic (exact) mass is 383 g/mol. The molecule has 2 aliphatic rings. The normalized spacial score (nSPS) is 23.3. The average molecular weight is 384 g/mol. The molecule has 0 amide bonds. The predicted octanol–water partition coefficient (Wildman–Crippen LogP) is 2.91. The van der Waals surface area contributed by atoms with Gasteiger partial charge in [-0.05, 0) is 57.1 Å². The van der Waals surface area contributed by atoms with Crippen LogP contribution in [0.3, 0.4) is 0 Å². The largest absolute Gasteiger partial charge is 0.464 e. The molecule has 2 aliphatic heterocycles. The van der Waals surface area contributed by atoms with E-state index >= 15 is 0 Å². The second-order valence-corrected chi connectivity index (χ2v) is 8.35. The summed E-state index contributed by atoms with van der Waals surface area (Å²) in [7, 11) is 2.22. The van der Waals surface area contributed by atoms with Gasteiger partial charge in [-0.1, -0.05) is 24.3 Å². The maximum atomic E-state index is 9.61. The molecule has 0 aliphatic carbocycles. The lowest BCUT2D eigenvalue weighted by atomic mass is 9.98. The number of aliphatic hydroxyl groups excluding tert-OH is 1. The number of likely N-dealkylation sites (tertiary alicyclic amines) is 1. The van der Waals surface area contributed by atoms with Crippen LogP contribution in [0.5, 0.6) is 0 Å². The molecule has 4 rings (SSSR count). The highest BCUT2D eigenvalue weighted by Gasteiger charge is 2.32. The van der Waals surface area contributed by atoms with Crippen molar-refractivity contribution in [3.8, 4) is 11.3 Å². The number of rotatable bonds is 6. The summed E-state index contributed by atoms with van der Waals surface area (Å²) in [6.45, 7) is 6.91. The summed E-state index contributed by atoms with van der Waals surface area (Å²) < 4.78 is 5.48. The summed E-state index contributed by atoms with van der Waals surface area (Å²) >= 11 is 0. The van der Waals surface area contributed by atoms with E-state index in [4.69, 9.17) is 4.42 Å². The van der Waals surface area contributed by atoms with E-state index in [1.807, 2.05) is 12.1 Å². The van der Waals surface area contributed by atoms with E-state index in [1.165, 1.54) is 31.5 Å². The summed E-state index contributed by atoms with van der Waals surface area (Å²) in [6, 6.07) is 13.8. The lowest BCUT2D eigenvalue weighted by Crippen LogP contribution is -2.58. The predicted molar refractivity (Wildman–Crippen MR) is 112 cm³/mol. The van der Waals surface area contributed by atoms with Gasteiger partial charge in [0.2, 0.25) is 0 Å². The number of aliphatic hydroxyl groups is 1. The molecular weight excluding hydrogens is 350 g/mol. The van der Waals surface area contributed by atoms with Crippen LogP contribution in [0.4, 0.5) is 0 Å². The highest BCUT2D eigenvalue weighted by atomic mass is 16.3. The van der Waals surface area contributed by atoms with Gasteiger partial charge in [-0.25, -0.2) is 0 Å². The summed E-state index contributed by atoms with van der Waals surface area (Å²) in [6.07, 6.45) is 5.11. The van der Waals surface area contributed by atoms with Crippen LogP contribution >= 0.6 is 0 Å². The van der Waals surface area contributed by atoms with E-state index in [9.17, 15) is 5.11 Å². The first kappa shape index (κ1) is 19.6. The number of nitrogens with zero attached hydrogens (tertiary/aromatic N) is 3. The van der Waals surface area contributed by atoms with Crippen LogP contribution in [0.1, 0.15) is 24.8 Å². The first-order chi connectivity index (χ1) is 13.7. The fourth-order valence-corrected chi connectivity index (χ4v) is 4.77. The molecule has 1 atom stereocenters. The smallest absolute Gasteiger partial charge is 0.133 e. The Morgan fingerprint density at radius 1 is 1.04 bits per heavy atom. The fourth-order valence-electron chi connectivity index (χ4n) is 4.77. The van der Waals surface area contributed by atoms with Crippen molar-refractivity contribution in [3.05, 3.63) is 48.2 Å². The number of hydrogen-bond donors (Lipinski definition) is 1. The van der Waals surface area contributed by atoms with Crippen molar-refractivity contribution in [3.63, 3.8) is 0 Å². The van der Waals surface area contributed by atoms with Gasteiger partial charge in [0.25, 0.3) is 0 Å². The number of piperazine rings is 1. The maximum absolute atomic E-state index is 9.61. The fraction of sp³-hybridized carbons (Fsp3) is 0.565. The molecule has 3 heterocycles. The third-order valence-corrected chi connectivity index (χ3v) is 6.40. The van der Waals surface area contributed by atoms with Crippen LogP contribution in [-0.2, 0) is 6.54 Å². The Bertz CT molecular complexity index is 708. The van der Waals surface area contributed by atoms with E-state index < -0.39 is 0 Å². The Morgan fingerprint density at radius 2 is 1.82 bits per heavy atom. The highest BCUT2D eigenvalue weighted by Crippen LogP contribution is 2.25. The Kier molecular flexibility index (Phi) is 6.47. The van der Waals surface area contributed by atoms with Crippen molar-refractivity contribution in [1.82, 2.24) is 14.7 Å². The van der Waals surface area contributed by atoms with E-state index in [0.29, 0.717) is 12.1 Å². The summed E-state index contributed by atoms with van der Waals surface area (Å²) in [5.41, 5.74) is 2.46.